The van der Waals surface area contributed by atoms with Gasteiger partial charge in [0, 0.05) is 0 Å². The first-order valence-corrected chi connectivity index (χ1v) is 4.27. The Morgan fingerprint density at radius 3 is 2.54 bits per heavy atom. The van der Waals surface area contributed by atoms with Gasteiger partial charge in [0.2, 0.25) is 0 Å². The number of rotatable bonds is 2. The van der Waals surface area contributed by atoms with Gasteiger partial charge in [-0.1, -0.05) is 11.6 Å². The largest absolute Gasteiger partial charge is 0.434 e. The second kappa shape index (κ2) is 4.19. The smallest absolute Gasteiger partial charge is 0.387 e. The Hall–Kier alpha value is -0.420. The van der Waals surface area contributed by atoms with Crippen LogP contribution in [0.5, 0.6) is 5.75 Å². The van der Waals surface area contributed by atoms with Gasteiger partial charge in [0.05, 0.1) is 9.50 Å². The first-order chi connectivity index (χ1) is 6.02. The Morgan fingerprint density at radius 1 is 1.38 bits per heavy atom. The first kappa shape index (κ1) is 10.7. The highest BCUT2D eigenvalue weighted by Gasteiger charge is 2.13. The SMILES string of the molecule is Fc1c(Cl)ccc(OC(F)F)c1Br. The third-order valence-corrected chi connectivity index (χ3v) is 2.25. The summed E-state index contributed by atoms with van der Waals surface area (Å²) in [6, 6.07) is 2.29. The molecule has 1 aromatic carbocycles. The van der Waals surface area contributed by atoms with E-state index in [1.807, 2.05) is 0 Å². The van der Waals surface area contributed by atoms with Crippen LogP contribution in [-0.4, -0.2) is 6.61 Å². The van der Waals surface area contributed by atoms with Gasteiger partial charge in [0.1, 0.15) is 5.75 Å². The molecule has 0 bridgehead atoms. The van der Waals surface area contributed by atoms with Gasteiger partial charge in [0.15, 0.2) is 5.82 Å². The Bertz CT molecular complexity index is 319. The maximum absolute atomic E-state index is 12.9. The van der Waals surface area contributed by atoms with Crippen molar-refractivity contribution in [2.75, 3.05) is 0 Å². The molecule has 0 aliphatic rings. The fourth-order valence-electron chi connectivity index (χ4n) is 0.695. The van der Waals surface area contributed by atoms with E-state index in [0.29, 0.717) is 0 Å². The van der Waals surface area contributed by atoms with Crippen molar-refractivity contribution in [3.05, 3.63) is 27.4 Å². The van der Waals surface area contributed by atoms with E-state index in [4.69, 9.17) is 11.6 Å². The summed E-state index contributed by atoms with van der Waals surface area (Å²) in [6.45, 7) is -2.99. The van der Waals surface area contributed by atoms with Crippen molar-refractivity contribution in [3.63, 3.8) is 0 Å². The summed E-state index contributed by atoms with van der Waals surface area (Å²) in [7, 11) is 0. The molecule has 0 fully saturated rings. The molecule has 0 saturated carbocycles. The van der Waals surface area contributed by atoms with Gasteiger partial charge in [-0.2, -0.15) is 8.78 Å². The minimum Gasteiger partial charge on any atom is -0.434 e. The highest BCUT2D eigenvalue weighted by atomic mass is 79.9. The van der Waals surface area contributed by atoms with E-state index in [9.17, 15) is 13.2 Å². The summed E-state index contributed by atoms with van der Waals surface area (Å²) in [4.78, 5) is 0. The highest BCUT2D eigenvalue weighted by molar-refractivity contribution is 9.10. The van der Waals surface area contributed by atoms with Crippen LogP contribution in [-0.2, 0) is 0 Å². The molecule has 0 spiro atoms. The second-order valence-corrected chi connectivity index (χ2v) is 3.25. The lowest BCUT2D eigenvalue weighted by molar-refractivity contribution is -0.0505. The van der Waals surface area contributed by atoms with Gasteiger partial charge in [-0.25, -0.2) is 4.39 Å². The molecule has 0 N–H and O–H groups in total. The molecule has 0 aromatic heterocycles. The Morgan fingerprint density at radius 2 is 2.00 bits per heavy atom. The third kappa shape index (κ3) is 2.51. The lowest BCUT2D eigenvalue weighted by Crippen LogP contribution is -2.03. The van der Waals surface area contributed by atoms with Gasteiger partial charge < -0.3 is 4.74 Å². The van der Waals surface area contributed by atoms with Crippen LogP contribution in [0.25, 0.3) is 0 Å². The van der Waals surface area contributed by atoms with Crippen molar-refractivity contribution in [3.8, 4) is 5.75 Å². The van der Waals surface area contributed by atoms with Gasteiger partial charge >= 0.3 is 6.61 Å². The van der Waals surface area contributed by atoms with Crippen LogP contribution in [0, 0.1) is 5.82 Å². The summed E-state index contributed by atoms with van der Waals surface area (Å²) in [6.07, 6.45) is 0. The number of hydrogen-bond donors (Lipinski definition) is 0. The highest BCUT2D eigenvalue weighted by Crippen LogP contribution is 2.32. The molecule has 1 nitrogen and oxygen atoms in total. The molecular formula is C7H3BrClF3O. The van der Waals surface area contributed by atoms with Crippen molar-refractivity contribution < 1.29 is 17.9 Å². The Labute approximate surface area is 85.6 Å². The third-order valence-electron chi connectivity index (χ3n) is 1.22. The zero-order chi connectivity index (χ0) is 10.0. The van der Waals surface area contributed by atoms with Gasteiger partial charge in [-0.15, -0.1) is 0 Å². The van der Waals surface area contributed by atoms with E-state index >= 15 is 0 Å². The minimum atomic E-state index is -2.99. The minimum absolute atomic E-state index is 0.159. The predicted octanol–water partition coefficient (Wildman–Crippen LogP) is 3.84. The average Bonchev–Trinajstić information content (AvgIpc) is 2.06. The van der Waals surface area contributed by atoms with Crippen molar-refractivity contribution in [2.45, 2.75) is 6.61 Å². The van der Waals surface area contributed by atoms with Crippen molar-refractivity contribution in [1.29, 1.82) is 0 Å². The molecule has 6 heteroatoms. The molecule has 0 atom stereocenters. The number of hydrogen-bond acceptors (Lipinski definition) is 1. The second-order valence-electron chi connectivity index (χ2n) is 2.05. The molecule has 0 radical (unpaired) electrons. The summed E-state index contributed by atoms with van der Waals surface area (Å²) < 4.78 is 40.2. The number of ether oxygens (including phenoxy) is 1. The molecule has 13 heavy (non-hydrogen) atoms. The molecule has 0 aliphatic carbocycles. The van der Waals surface area contributed by atoms with Crippen LogP contribution in [0.3, 0.4) is 0 Å². The zero-order valence-corrected chi connectivity index (χ0v) is 8.37. The first-order valence-electron chi connectivity index (χ1n) is 3.10. The molecule has 0 saturated heterocycles. The lowest BCUT2D eigenvalue weighted by Gasteiger charge is -2.07. The predicted molar refractivity (Wildman–Crippen MR) is 45.7 cm³/mol. The van der Waals surface area contributed by atoms with E-state index in [0.717, 1.165) is 12.1 Å². The van der Waals surface area contributed by atoms with E-state index in [2.05, 4.69) is 20.7 Å². The normalized spacial score (nSPS) is 10.6. The molecular weight excluding hydrogens is 272 g/mol. The lowest BCUT2D eigenvalue weighted by atomic mass is 10.3. The molecule has 0 unspecified atom stereocenters. The van der Waals surface area contributed by atoms with Crippen molar-refractivity contribution >= 4 is 27.5 Å². The van der Waals surface area contributed by atoms with Gasteiger partial charge in [-0.3, -0.25) is 0 Å². The molecule has 0 heterocycles. The number of halogens is 5. The quantitative estimate of drug-likeness (QED) is 0.745. The maximum atomic E-state index is 12.9. The van der Waals surface area contributed by atoms with E-state index in [1.54, 1.807) is 0 Å². The Balaban J connectivity index is 3.04. The van der Waals surface area contributed by atoms with Crippen LogP contribution in [0.15, 0.2) is 16.6 Å². The summed E-state index contributed by atoms with van der Waals surface area (Å²) >= 11 is 8.12. The standard InChI is InChI=1S/C7H3BrClF3O/c8-5-4(13-7(11)12)2-1-3(9)6(5)10/h1-2,7H. The van der Waals surface area contributed by atoms with E-state index in [1.165, 1.54) is 0 Å². The molecule has 0 amide bonds. The molecule has 0 aliphatic heterocycles. The summed E-state index contributed by atoms with van der Waals surface area (Å²) in [5.41, 5.74) is 0. The topological polar surface area (TPSA) is 9.23 Å². The van der Waals surface area contributed by atoms with Crippen LogP contribution in [0.4, 0.5) is 13.2 Å². The number of alkyl halides is 2. The summed E-state index contributed by atoms with van der Waals surface area (Å²) in [5, 5.41) is -0.159. The van der Waals surface area contributed by atoms with Gasteiger partial charge in [0.25, 0.3) is 0 Å². The molecule has 1 aromatic rings. The number of benzene rings is 1. The van der Waals surface area contributed by atoms with E-state index in [-0.39, 0.29) is 15.2 Å². The average molecular weight is 275 g/mol. The van der Waals surface area contributed by atoms with Crippen molar-refractivity contribution in [1.82, 2.24) is 0 Å². The molecule has 1 rings (SSSR count). The fraction of sp³-hybridized carbons (Fsp3) is 0.143. The zero-order valence-electron chi connectivity index (χ0n) is 6.03. The van der Waals surface area contributed by atoms with Crippen LogP contribution < -0.4 is 4.74 Å². The summed E-state index contributed by atoms with van der Waals surface area (Å²) in [5.74, 6) is -1.10. The van der Waals surface area contributed by atoms with Crippen LogP contribution in [0.2, 0.25) is 5.02 Å². The fourth-order valence-corrected chi connectivity index (χ4v) is 1.41. The molecule has 72 valence electrons. The van der Waals surface area contributed by atoms with Gasteiger partial charge in [-0.05, 0) is 28.1 Å². The monoisotopic (exact) mass is 274 g/mol. The van der Waals surface area contributed by atoms with E-state index < -0.39 is 12.4 Å². The Kier molecular flexibility index (Phi) is 3.44. The van der Waals surface area contributed by atoms with Crippen molar-refractivity contribution in [2.24, 2.45) is 0 Å². The van der Waals surface area contributed by atoms with Crippen LogP contribution >= 0.6 is 27.5 Å². The maximum Gasteiger partial charge on any atom is 0.387 e. The van der Waals surface area contributed by atoms with Crippen LogP contribution in [0.1, 0.15) is 0 Å².